The number of amides is 1. The fourth-order valence-corrected chi connectivity index (χ4v) is 1.75. The van der Waals surface area contributed by atoms with Crippen LogP contribution in [0.5, 0.6) is 0 Å². The van der Waals surface area contributed by atoms with Crippen LogP contribution in [0.4, 0.5) is 0 Å². The van der Waals surface area contributed by atoms with E-state index in [1.807, 2.05) is 38.1 Å². The molecule has 120 valence electrons. The van der Waals surface area contributed by atoms with Crippen molar-refractivity contribution in [2.24, 2.45) is 5.73 Å². The predicted octanol–water partition coefficient (Wildman–Crippen LogP) is 0.924. The summed E-state index contributed by atoms with van der Waals surface area (Å²) in [6.45, 7) is 4.52. The van der Waals surface area contributed by atoms with Gasteiger partial charge in [-0.15, -0.1) is 22.6 Å². The summed E-state index contributed by atoms with van der Waals surface area (Å²) in [7, 11) is 0. The smallest absolute Gasteiger partial charge is 0.243 e. The molecule has 2 rings (SSSR count). The minimum absolute atomic E-state index is 0. The first-order valence-corrected chi connectivity index (χ1v) is 6.91. The van der Waals surface area contributed by atoms with E-state index in [1.54, 1.807) is 0 Å². The van der Waals surface area contributed by atoms with Crippen LogP contribution in [0.25, 0.3) is 11.4 Å². The lowest BCUT2D eigenvalue weighted by atomic mass is 10.1. The van der Waals surface area contributed by atoms with E-state index < -0.39 is 0 Å². The molecule has 1 unspecified atom stereocenters. The third-order valence-corrected chi connectivity index (χ3v) is 2.97. The fraction of sp³-hybridized carbons (Fsp3) is 0.429. The molecule has 0 bridgehead atoms. The van der Waals surface area contributed by atoms with Gasteiger partial charge in [0.05, 0.1) is 0 Å². The summed E-state index contributed by atoms with van der Waals surface area (Å²) in [6, 6.07) is 7.90. The molecule has 0 aliphatic carbocycles. The van der Waals surface area contributed by atoms with Crippen LogP contribution < -0.4 is 11.1 Å². The van der Waals surface area contributed by atoms with Crippen molar-refractivity contribution < 1.29 is 4.79 Å². The van der Waals surface area contributed by atoms with Gasteiger partial charge in [0.1, 0.15) is 6.54 Å². The number of rotatable bonds is 6. The van der Waals surface area contributed by atoms with Crippen molar-refractivity contribution in [2.75, 3.05) is 6.54 Å². The first kappa shape index (κ1) is 18.1. The molecule has 1 heterocycles. The van der Waals surface area contributed by atoms with Gasteiger partial charge in [0.15, 0.2) is 0 Å². The van der Waals surface area contributed by atoms with E-state index in [4.69, 9.17) is 5.73 Å². The highest BCUT2D eigenvalue weighted by atomic mass is 35.5. The molecule has 3 N–H and O–H groups in total. The minimum atomic E-state index is -0.150. The second kappa shape index (κ2) is 8.45. The SMILES string of the molecule is Cc1ccc(-c2nnn(CC(=O)NCCC(C)N)n2)cc1.Cl. The van der Waals surface area contributed by atoms with Gasteiger partial charge in [-0.3, -0.25) is 4.79 Å². The van der Waals surface area contributed by atoms with Crippen LogP contribution in [0.3, 0.4) is 0 Å². The fourth-order valence-electron chi connectivity index (χ4n) is 1.75. The standard InChI is InChI=1S/C14H20N6O.ClH/c1-10-3-5-12(6-4-10)14-17-19-20(18-14)9-13(21)16-8-7-11(2)15;/h3-6,11H,7-9,15H2,1-2H3,(H,16,21);1H. The number of hydrogen-bond acceptors (Lipinski definition) is 5. The highest BCUT2D eigenvalue weighted by Gasteiger charge is 2.09. The van der Waals surface area contributed by atoms with Crippen LogP contribution in [-0.2, 0) is 11.3 Å². The van der Waals surface area contributed by atoms with Gasteiger partial charge in [-0.25, -0.2) is 0 Å². The number of tetrazole rings is 1. The van der Waals surface area contributed by atoms with E-state index in [0.717, 1.165) is 12.0 Å². The number of benzene rings is 1. The number of aryl methyl sites for hydroxylation is 1. The average molecular weight is 325 g/mol. The quantitative estimate of drug-likeness (QED) is 0.823. The van der Waals surface area contributed by atoms with Gasteiger partial charge in [0, 0.05) is 18.2 Å². The third-order valence-electron chi connectivity index (χ3n) is 2.97. The molecule has 1 atom stereocenters. The van der Waals surface area contributed by atoms with Crippen molar-refractivity contribution in [1.82, 2.24) is 25.5 Å². The van der Waals surface area contributed by atoms with E-state index in [9.17, 15) is 4.79 Å². The first-order chi connectivity index (χ1) is 10.0. The second-order valence-corrected chi connectivity index (χ2v) is 5.13. The lowest BCUT2D eigenvalue weighted by molar-refractivity contribution is -0.122. The van der Waals surface area contributed by atoms with Gasteiger partial charge in [-0.2, -0.15) is 4.80 Å². The Morgan fingerprint density at radius 1 is 1.36 bits per heavy atom. The van der Waals surface area contributed by atoms with E-state index >= 15 is 0 Å². The predicted molar refractivity (Wildman–Crippen MR) is 86.5 cm³/mol. The molecular formula is C14H21ClN6O. The van der Waals surface area contributed by atoms with Crippen LogP contribution >= 0.6 is 12.4 Å². The Labute approximate surface area is 135 Å². The molecule has 22 heavy (non-hydrogen) atoms. The van der Waals surface area contributed by atoms with Gasteiger partial charge in [-0.05, 0) is 25.5 Å². The van der Waals surface area contributed by atoms with Crippen LogP contribution in [0.1, 0.15) is 18.9 Å². The lowest BCUT2D eigenvalue weighted by Crippen LogP contribution is -2.32. The molecule has 0 spiro atoms. The largest absolute Gasteiger partial charge is 0.354 e. The summed E-state index contributed by atoms with van der Waals surface area (Å²) in [5, 5.41) is 14.8. The zero-order valence-electron chi connectivity index (χ0n) is 12.7. The third kappa shape index (κ3) is 5.42. The molecule has 1 aromatic heterocycles. The minimum Gasteiger partial charge on any atom is -0.354 e. The Hall–Kier alpha value is -1.99. The van der Waals surface area contributed by atoms with Gasteiger partial charge in [0.25, 0.3) is 0 Å². The normalized spacial score (nSPS) is 11.6. The number of carbonyl (C=O) groups is 1. The van der Waals surface area contributed by atoms with Gasteiger partial charge in [-0.1, -0.05) is 29.8 Å². The summed E-state index contributed by atoms with van der Waals surface area (Å²) in [5.74, 6) is 0.363. The number of hydrogen-bond donors (Lipinski definition) is 2. The molecule has 0 aliphatic heterocycles. The first-order valence-electron chi connectivity index (χ1n) is 6.91. The molecule has 0 radical (unpaired) electrons. The van der Waals surface area contributed by atoms with E-state index in [0.29, 0.717) is 12.4 Å². The molecule has 0 saturated heterocycles. The Morgan fingerprint density at radius 2 is 2.05 bits per heavy atom. The van der Waals surface area contributed by atoms with E-state index in [1.165, 1.54) is 10.4 Å². The average Bonchev–Trinajstić information content (AvgIpc) is 2.87. The molecule has 0 saturated carbocycles. The van der Waals surface area contributed by atoms with Crippen molar-refractivity contribution >= 4 is 18.3 Å². The lowest BCUT2D eigenvalue weighted by Gasteiger charge is -2.06. The molecule has 7 nitrogen and oxygen atoms in total. The van der Waals surface area contributed by atoms with Gasteiger partial charge in [0.2, 0.25) is 11.7 Å². The summed E-state index contributed by atoms with van der Waals surface area (Å²) in [4.78, 5) is 13.0. The molecule has 8 heteroatoms. The highest BCUT2D eigenvalue weighted by molar-refractivity contribution is 5.85. The zero-order chi connectivity index (χ0) is 15.2. The molecule has 1 amide bonds. The number of nitrogens with zero attached hydrogens (tertiary/aromatic N) is 4. The monoisotopic (exact) mass is 324 g/mol. The van der Waals surface area contributed by atoms with E-state index in [2.05, 4.69) is 20.7 Å². The second-order valence-electron chi connectivity index (χ2n) is 5.13. The Balaban J connectivity index is 0.00000242. The maximum absolute atomic E-state index is 11.7. The molecule has 1 aromatic carbocycles. The molecule has 0 aliphatic rings. The highest BCUT2D eigenvalue weighted by Crippen LogP contribution is 2.13. The summed E-state index contributed by atoms with van der Waals surface area (Å²) < 4.78 is 0. The number of nitrogens with two attached hydrogens (primary N) is 1. The van der Waals surface area contributed by atoms with Crippen molar-refractivity contribution in [3.63, 3.8) is 0 Å². The van der Waals surface area contributed by atoms with Crippen molar-refractivity contribution in [3.8, 4) is 11.4 Å². The maximum atomic E-state index is 11.7. The topological polar surface area (TPSA) is 98.7 Å². The van der Waals surface area contributed by atoms with Crippen LogP contribution in [0.15, 0.2) is 24.3 Å². The van der Waals surface area contributed by atoms with Crippen molar-refractivity contribution in [3.05, 3.63) is 29.8 Å². The van der Waals surface area contributed by atoms with Crippen LogP contribution in [-0.4, -0.2) is 38.7 Å². The van der Waals surface area contributed by atoms with E-state index in [-0.39, 0.29) is 30.9 Å². The Morgan fingerprint density at radius 3 is 2.68 bits per heavy atom. The van der Waals surface area contributed by atoms with Crippen LogP contribution in [0, 0.1) is 6.92 Å². The van der Waals surface area contributed by atoms with Gasteiger partial charge >= 0.3 is 0 Å². The molecule has 2 aromatic rings. The van der Waals surface area contributed by atoms with Gasteiger partial charge < -0.3 is 11.1 Å². The number of nitrogens with one attached hydrogen (secondary N) is 1. The molecule has 0 fully saturated rings. The summed E-state index contributed by atoms with van der Waals surface area (Å²) in [6.07, 6.45) is 0.741. The Bertz CT molecular complexity index is 596. The maximum Gasteiger partial charge on any atom is 0.243 e. The number of aromatic nitrogens is 4. The number of carbonyl (C=O) groups excluding carboxylic acids is 1. The van der Waals surface area contributed by atoms with Crippen molar-refractivity contribution in [1.29, 1.82) is 0 Å². The Kier molecular flexibility index (Phi) is 6.94. The molecular weight excluding hydrogens is 304 g/mol. The van der Waals surface area contributed by atoms with Crippen LogP contribution in [0.2, 0.25) is 0 Å². The summed E-state index contributed by atoms with van der Waals surface area (Å²) in [5.41, 5.74) is 7.66. The summed E-state index contributed by atoms with van der Waals surface area (Å²) >= 11 is 0. The van der Waals surface area contributed by atoms with Crippen molar-refractivity contribution in [2.45, 2.75) is 32.9 Å². The number of halogens is 1. The zero-order valence-corrected chi connectivity index (χ0v) is 13.5.